The van der Waals surface area contributed by atoms with Crippen LogP contribution in [-0.4, -0.2) is 17.0 Å². The lowest BCUT2D eigenvalue weighted by molar-refractivity contribution is -0.147. The summed E-state index contributed by atoms with van der Waals surface area (Å²) < 4.78 is 0. The van der Waals surface area contributed by atoms with Crippen LogP contribution < -0.4 is 5.32 Å². The number of nitrogens with one attached hydrogen (secondary N) is 1. The summed E-state index contributed by atoms with van der Waals surface area (Å²) in [6.45, 7) is 1.86. The number of hydrogen-bond donors (Lipinski definition) is 2. The molecule has 1 aliphatic carbocycles. The number of rotatable bonds is 4. The predicted octanol–water partition coefficient (Wildman–Crippen LogP) is 3.18. The van der Waals surface area contributed by atoms with Crippen molar-refractivity contribution in [2.24, 2.45) is 11.8 Å². The molecule has 1 aromatic carbocycles. The number of carbonyl (C=O) groups is 2. The zero-order valence-corrected chi connectivity index (χ0v) is 12.5. The first-order valence-electron chi connectivity index (χ1n) is 6.92. The number of allylic oxidation sites excluding steroid dienone is 2. The molecule has 1 amide bonds. The van der Waals surface area contributed by atoms with Crippen LogP contribution in [0.15, 0.2) is 36.4 Å². The minimum Gasteiger partial charge on any atom is -0.481 e. The summed E-state index contributed by atoms with van der Waals surface area (Å²) >= 11 is 5.94. The molecule has 1 aromatic rings. The van der Waals surface area contributed by atoms with Crippen molar-refractivity contribution in [3.63, 3.8) is 0 Å². The van der Waals surface area contributed by atoms with Gasteiger partial charge in [-0.15, -0.1) is 0 Å². The van der Waals surface area contributed by atoms with Crippen LogP contribution >= 0.6 is 11.6 Å². The fraction of sp³-hybridized carbons (Fsp3) is 0.375. The molecular formula is C16H18ClNO3. The van der Waals surface area contributed by atoms with E-state index in [9.17, 15) is 14.7 Å². The van der Waals surface area contributed by atoms with Crippen molar-refractivity contribution < 1.29 is 14.7 Å². The Labute approximate surface area is 128 Å². The Morgan fingerprint density at radius 3 is 2.57 bits per heavy atom. The van der Waals surface area contributed by atoms with Crippen molar-refractivity contribution >= 4 is 23.5 Å². The van der Waals surface area contributed by atoms with E-state index >= 15 is 0 Å². The average Bonchev–Trinajstić information content (AvgIpc) is 2.47. The fourth-order valence-corrected chi connectivity index (χ4v) is 2.76. The van der Waals surface area contributed by atoms with Gasteiger partial charge in [0.25, 0.3) is 0 Å². The molecule has 1 aliphatic rings. The first-order valence-corrected chi connectivity index (χ1v) is 7.30. The minimum absolute atomic E-state index is 0.212. The van der Waals surface area contributed by atoms with Crippen LogP contribution in [0.3, 0.4) is 0 Å². The zero-order chi connectivity index (χ0) is 15.4. The molecule has 0 radical (unpaired) electrons. The standard InChI is InChI=1S/C16H18ClNO3/c1-10(11-5-4-6-12(17)9-11)18-15(19)13-7-2-3-8-14(13)16(20)21/h2-6,9-10,13-14H,7-8H2,1H3,(H,18,19)(H,20,21)/t10-,13+,14-/m0/s1. The first-order chi connectivity index (χ1) is 9.99. The highest BCUT2D eigenvalue weighted by Crippen LogP contribution is 2.27. The van der Waals surface area contributed by atoms with Gasteiger partial charge in [-0.2, -0.15) is 0 Å². The number of amides is 1. The summed E-state index contributed by atoms with van der Waals surface area (Å²) in [7, 11) is 0. The van der Waals surface area contributed by atoms with Crippen molar-refractivity contribution in [2.45, 2.75) is 25.8 Å². The molecule has 2 rings (SSSR count). The Balaban J connectivity index is 2.06. The normalized spacial score (nSPS) is 22.6. The highest BCUT2D eigenvalue weighted by atomic mass is 35.5. The SMILES string of the molecule is C[C@H](NC(=O)[C@@H]1CC=CC[C@@H]1C(=O)O)c1cccc(Cl)c1. The Morgan fingerprint density at radius 2 is 1.95 bits per heavy atom. The summed E-state index contributed by atoms with van der Waals surface area (Å²) in [5.74, 6) is -2.31. The highest BCUT2D eigenvalue weighted by molar-refractivity contribution is 6.30. The maximum absolute atomic E-state index is 12.3. The lowest BCUT2D eigenvalue weighted by Gasteiger charge is -2.26. The minimum atomic E-state index is -0.921. The molecule has 112 valence electrons. The summed E-state index contributed by atoms with van der Waals surface area (Å²) in [6, 6.07) is 7.06. The summed E-state index contributed by atoms with van der Waals surface area (Å²) in [4.78, 5) is 23.6. The quantitative estimate of drug-likeness (QED) is 0.840. The van der Waals surface area contributed by atoms with Gasteiger partial charge in [-0.1, -0.05) is 35.9 Å². The van der Waals surface area contributed by atoms with E-state index in [0.29, 0.717) is 17.9 Å². The van der Waals surface area contributed by atoms with Gasteiger partial charge >= 0.3 is 5.97 Å². The second-order valence-corrected chi connectivity index (χ2v) is 5.72. The van der Waals surface area contributed by atoms with E-state index in [2.05, 4.69) is 5.32 Å². The smallest absolute Gasteiger partial charge is 0.307 e. The molecule has 0 spiro atoms. The van der Waals surface area contributed by atoms with Crippen LogP contribution in [-0.2, 0) is 9.59 Å². The molecule has 4 nitrogen and oxygen atoms in total. The molecular weight excluding hydrogens is 290 g/mol. The first kappa shape index (κ1) is 15.6. The molecule has 0 saturated heterocycles. The van der Waals surface area contributed by atoms with Crippen molar-refractivity contribution in [3.05, 3.63) is 47.0 Å². The van der Waals surface area contributed by atoms with Crippen LogP contribution in [0.25, 0.3) is 0 Å². The number of benzene rings is 1. The van der Waals surface area contributed by atoms with Gasteiger partial charge in [0, 0.05) is 5.02 Å². The third kappa shape index (κ3) is 3.85. The largest absolute Gasteiger partial charge is 0.481 e. The van der Waals surface area contributed by atoms with Crippen molar-refractivity contribution in [3.8, 4) is 0 Å². The molecule has 0 aromatic heterocycles. The molecule has 0 heterocycles. The fourth-order valence-electron chi connectivity index (χ4n) is 2.56. The van der Waals surface area contributed by atoms with Gasteiger partial charge in [-0.3, -0.25) is 9.59 Å². The lowest BCUT2D eigenvalue weighted by Crippen LogP contribution is -2.39. The van der Waals surface area contributed by atoms with Crippen LogP contribution in [0.4, 0.5) is 0 Å². The molecule has 0 unspecified atom stereocenters. The molecule has 0 saturated carbocycles. The monoisotopic (exact) mass is 307 g/mol. The molecule has 21 heavy (non-hydrogen) atoms. The average molecular weight is 308 g/mol. The van der Waals surface area contributed by atoms with Crippen LogP contribution in [0.2, 0.25) is 5.02 Å². The Kier molecular flexibility index (Phi) is 5.02. The molecule has 2 N–H and O–H groups in total. The third-order valence-electron chi connectivity index (χ3n) is 3.79. The number of carboxylic acid groups (broad SMARTS) is 1. The molecule has 0 fully saturated rings. The van der Waals surface area contributed by atoms with E-state index in [0.717, 1.165) is 5.56 Å². The highest BCUT2D eigenvalue weighted by Gasteiger charge is 2.34. The van der Waals surface area contributed by atoms with E-state index < -0.39 is 17.8 Å². The van der Waals surface area contributed by atoms with E-state index in [4.69, 9.17) is 11.6 Å². The van der Waals surface area contributed by atoms with Gasteiger partial charge in [0.2, 0.25) is 5.91 Å². The number of aliphatic carboxylic acids is 1. The van der Waals surface area contributed by atoms with Gasteiger partial charge in [0.05, 0.1) is 17.9 Å². The van der Waals surface area contributed by atoms with Crippen molar-refractivity contribution in [2.75, 3.05) is 0 Å². The molecule has 0 aliphatic heterocycles. The van der Waals surface area contributed by atoms with Crippen LogP contribution in [0.5, 0.6) is 0 Å². The Bertz CT molecular complexity index is 570. The van der Waals surface area contributed by atoms with E-state index in [1.165, 1.54) is 0 Å². The Morgan fingerprint density at radius 1 is 1.29 bits per heavy atom. The Hall–Kier alpha value is -1.81. The van der Waals surface area contributed by atoms with Crippen LogP contribution in [0.1, 0.15) is 31.4 Å². The van der Waals surface area contributed by atoms with Crippen molar-refractivity contribution in [1.82, 2.24) is 5.32 Å². The zero-order valence-electron chi connectivity index (χ0n) is 11.8. The molecule has 3 atom stereocenters. The number of halogens is 1. The maximum Gasteiger partial charge on any atom is 0.307 e. The third-order valence-corrected chi connectivity index (χ3v) is 4.03. The van der Waals surface area contributed by atoms with E-state index in [1.54, 1.807) is 12.1 Å². The summed E-state index contributed by atoms with van der Waals surface area (Å²) in [6.07, 6.45) is 4.56. The van der Waals surface area contributed by atoms with Gasteiger partial charge in [0.1, 0.15) is 0 Å². The van der Waals surface area contributed by atoms with Gasteiger partial charge < -0.3 is 10.4 Å². The van der Waals surface area contributed by atoms with E-state index in [1.807, 2.05) is 31.2 Å². The van der Waals surface area contributed by atoms with Crippen molar-refractivity contribution in [1.29, 1.82) is 0 Å². The maximum atomic E-state index is 12.3. The molecule has 0 bridgehead atoms. The number of hydrogen-bond acceptors (Lipinski definition) is 2. The molecule has 5 heteroatoms. The second-order valence-electron chi connectivity index (χ2n) is 5.28. The number of carbonyl (C=O) groups excluding carboxylic acids is 1. The van der Waals surface area contributed by atoms with Gasteiger partial charge in [0.15, 0.2) is 0 Å². The number of carboxylic acids is 1. The van der Waals surface area contributed by atoms with Gasteiger partial charge in [-0.05, 0) is 37.5 Å². The second kappa shape index (κ2) is 6.76. The lowest BCUT2D eigenvalue weighted by atomic mass is 9.82. The topological polar surface area (TPSA) is 66.4 Å². The van der Waals surface area contributed by atoms with E-state index in [-0.39, 0.29) is 11.9 Å². The summed E-state index contributed by atoms with van der Waals surface area (Å²) in [5.41, 5.74) is 0.897. The van der Waals surface area contributed by atoms with Gasteiger partial charge in [-0.25, -0.2) is 0 Å². The summed E-state index contributed by atoms with van der Waals surface area (Å²) in [5, 5.41) is 12.7. The predicted molar refractivity (Wildman–Crippen MR) is 81.0 cm³/mol. The van der Waals surface area contributed by atoms with Crippen LogP contribution in [0, 0.1) is 11.8 Å².